The van der Waals surface area contributed by atoms with Crippen LogP contribution in [-0.4, -0.2) is 83.2 Å². The molecular weight excluding hydrogens is 563 g/mol. The molecule has 3 aromatic heterocycles. The van der Waals surface area contributed by atoms with Crippen molar-refractivity contribution < 1.29 is 28.1 Å². The molecule has 0 spiro atoms. The number of hydrogen-bond donors (Lipinski definition) is 4. The molecule has 0 amide bonds. The van der Waals surface area contributed by atoms with Gasteiger partial charge in [-0.3, -0.25) is 4.90 Å². The Morgan fingerprint density at radius 2 is 1.88 bits per heavy atom. The fourth-order valence-corrected chi connectivity index (χ4v) is 6.33. The highest BCUT2D eigenvalue weighted by atomic mass is 19.4. The van der Waals surface area contributed by atoms with Gasteiger partial charge in [0.1, 0.15) is 41.9 Å². The standard InChI is InChI=1S/C30H38F3N7O3/c1-29(2,3)17-5-6-20-21(12-17)38-23(37-20)7-4-16-10-18(11-16)39(14-30(31,32)33)13-22-24(41)25(42)28(43-22)40-9-8-19-26(34)35-15-36-27(19)40/h5-6,8-9,12,15-16,18,22,24-25,28,41-42H,4,7,10-11,13-14H2,1-3H3,(H,37,38)(H2,34,35,36)/t16-,18+,22-,24-,25-,28-/m1/s1. The van der Waals surface area contributed by atoms with Crippen molar-refractivity contribution in [2.75, 3.05) is 18.8 Å². The van der Waals surface area contributed by atoms with Crippen LogP contribution in [0.5, 0.6) is 0 Å². The van der Waals surface area contributed by atoms with Crippen molar-refractivity contribution in [1.82, 2.24) is 29.4 Å². The normalized spacial score (nSPS) is 26.5. The Labute approximate surface area is 247 Å². The van der Waals surface area contributed by atoms with Crippen LogP contribution >= 0.6 is 0 Å². The van der Waals surface area contributed by atoms with Crippen molar-refractivity contribution in [3.63, 3.8) is 0 Å². The van der Waals surface area contributed by atoms with Gasteiger partial charge in [-0.2, -0.15) is 13.2 Å². The number of ether oxygens (including phenoxy) is 1. The number of halogens is 3. The van der Waals surface area contributed by atoms with Gasteiger partial charge in [-0.05, 0) is 54.4 Å². The molecule has 2 fully saturated rings. The number of nitrogens with zero attached hydrogens (tertiary/aromatic N) is 5. The number of aromatic nitrogens is 5. The largest absolute Gasteiger partial charge is 0.401 e. The molecule has 0 radical (unpaired) electrons. The molecule has 5 N–H and O–H groups in total. The Bertz CT molecular complexity index is 1590. The Morgan fingerprint density at radius 3 is 2.60 bits per heavy atom. The number of H-pyrrole nitrogens is 1. The summed E-state index contributed by atoms with van der Waals surface area (Å²) in [7, 11) is 0. The lowest BCUT2D eigenvalue weighted by Gasteiger charge is -2.44. The molecule has 13 heteroatoms. The van der Waals surface area contributed by atoms with Crippen molar-refractivity contribution in [1.29, 1.82) is 0 Å². The number of anilines is 1. The first-order chi connectivity index (χ1) is 20.3. The second-order valence-corrected chi connectivity index (χ2v) is 13.0. The second-order valence-electron chi connectivity index (χ2n) is 13.0. The van der Waals surface area contributed by atoms with E-state index in [-0.39, 0.29) is 29.7 Å². The highest BCUT2D eigenvalue weighted by molar-refractivity contribution is 5.86. The van der Waals surface area contributed by atoms with E-state index in [1.807, 2.05) is 6.07 Å². The van der Waals surface area contributed by atoms with Gasteiger partial charge in [-0.1, -0.05) is 26.8 Å². The summed E-state index contributed by atoms with van der Waals surface area (Å²) in [6.45, 7) is 5.20. The summed E-state index contributed by atoms with van der Waals surface area (Å²) in [5.74, 6) is 1.39. The Morgan fingerprint density at radius 1 is 1.12 bits per heavy atom. The molecular formula is C30H38F3N7O3. The number of rotatable bonds is 8. The number of fused-ring (bicyclic) bond motifs is 2. The number of alkyl halides is 3. The number of nitrogens with two attached hydrogens (primary N) is 1. The van der Waals surface area contributed by atoms with Gasteiger partial charge in [0, 0.05) is 25.2 Å². The monoisotopic (exact) mass is 601 g/mol. The fourth-order valence-electron chi connectivity index (χ4n) is 6.33. The zero-order valence-electron chi connectivity index (χ0n) is 24.4. The number of aryl methyl sites for hydroxylation is 1. The molecule has 1 saturated heterocycles. The first-order valence-electron chi connectivity index (χ1n) is 14.7. The second kappa shape index (κ2) is 11.0. The Balaban J connectivity index is 1.08. The van der Waals surface area contributed by atoms with Gasteiger partial charge >= 0.3 is 6.18 Å². The molecule has 1 aliphatic carbocycles. The van der Waals surface area contributed by atoms with Gasteiger partial charge in [0.15, 0.2) is 6.23 Å². The minimum Gasteiger partial charge on any atom is -0.387 e. The van der Waals surface area contributed by atoms with Crippen molar-refractivity contribution in [2.45, 2.75) is 88.6 Å². The number of aliphatic hydroxyl groups excluding tert-OH is 2. The molecule has 2 aliphatic rings. The highest BCUT2D eigenvalue weighted by Gasteiger charge is 2.47. The zero-order chi connectivity index (χ0) is 30.7. The first kappa shape index (κ1) is 29.8. The van der Waals surface area contributed by atoms with Crippen molar-refractivity contribution in [3.05, 3.63) is 48.2 Å². The molecule has 4 atom stereocenters. The van der Waals surface area contributed by atoms with Crippen molar-refractivity contribution in [2.24, 2.45) is 5.92 Å². The molecule has 0 unspecified atom stereocenters. The maximum Gasteiger partial charge on any atom is 0.401 e. The molecule has 43 heavy (non-hydrogen) atoms. The number of aromatic amines is 1. The van der Waals surface area contributed by atoms with E-state index in [0.29, 0.717) is 30.3 Å². The molecule has 4 aromatic rings. The number of imidazole rings is 1. The number of nitrogens with one attached hydrogen (secondary N) is 1. The van der Waals surface area contributed by atoms with Crippen LogP contribution in [-0.2, 0) is 16.6 Å². The van der Waals surface area contributed by atoms with Crippen molar-refractivity contribution >= 4 is 27.9 Å². The van der Waals surface area contributed by atoms with Gasteiger partial charge in [0.2, 0.25) is 0 Å². The van der Waals surface area contributed by atoms with E-state index in [2.05, 4.69) is 47.9 Å². The van der Waals surface area contributed by atoms with Crippen LogP contribution < -0.4 is 5.73 Å². The van der Waals surface area contributed by atoms with Crippen LogP contribution in [0.4, 0.5) is 19.0 Å². The summed E-state index contributed by atoms with van der Waals surface area (Å²) in [4.78, 5) is 17.6. The summed E-state index contributed by atoms with van der Waals surface area (Å²) in [5, 5.41) is 22.1. The summed E-state index contributed by atoms with van der Waals surface area (Å²) < 4.78 is 48.4. The maximum absolute atomic E-state index is 13.6. The predicted octanol–water partition coefficient (Wildman–Crippen LogP) is 4.08. The van der Waals surface area contributed by atoms with E-state index >= 15 is 0 Å². The Kier molecular flexibility index (Phi) is 7.64. The minimum atomic E-state index is -4.42. The van der Waals surface area contributed by atoms with Gasteiger partial charge in [-0.15, -0.1) is 0 Å². The highest BCUT2D eigenvalue weighted by Crippen LogP contribution is 2.39. The van der Waals surface area contributed by atoms with E-state index in [0.717, 1.165) is 23.3 Å². The molecule has 4 heterocycles. The van der Waals surface area contributed by atoms with Gasteiger partial charge in [0.25, 0.3) is 0 Å². The third kappa shape index (κ3) is 6.08. The lowest BCUT2D eigenvalue weighted by Crippen LogP contribution is -2.52. The molecule has 0 bridgehead atoms. The van der Waals surface area contributed by atoms with Crippen LogP contribution in [0, 0.1) is 5.92 Å². The number of aliphatic hydroxyl groups is 2. The molecule has 10 nitrogen and oxygen atoms in total. The summed E-state index contributed by atoms with van der Waals surface area (Å²) in [6, 6.07) is 7.62. The average molecular weight is 602 g/mol. The van der Waals surface area contributed by atoms with E-state index < -0.39 is 37.3 Å². The number of hydrogen-bond acceptors (Lipinski definition) is 8. The Hall–Kier alpha value is -3.26. The van der Waals surface area contributed by atoms with Crippen LogP contribution in [0.2, 0.25) is 0 Å². The van der Waals surface area contributed by atoms with Crippen LogP contribution in [0.1, 0.15) is 57.6 Å². The SMILES string of the molecule is CC(C)(C)c1ccc2[nH]c(CC[C@H]3C[C@@H](N(C[C@H]4O[C@@H](n5ccc6c(N)ncnc65)[C@H](O)[C@@H]4O)CC(F)(F)F)C3)nc2c1. The summed E-state index contributed by atoms with van der Waals surface area (Å²) in [6.07, 6.45) is -3.57. The van der Waals surface area contributed by atoms with E-state index in [4.69, 9.17) is 15.5 Å². The minimum absolute atomic E-state index is 0.0231. The quantitative estimate of drug-likeness (QED) is 0.237. The maximum atomic E-state index is 13.6. The van der Waals surface area contributed by atoms with Crippen LogP contribution in [0.15, 0.2) is 36.8 Å². The van der Waals surface area contributed by atoms with Gasteiger partial charge in [-0.25, -0.2) is 15.0 Å². The third-order valence-electron chi connectivity index (χ3n) is 8.86. The number of benzene rings is 1. The lowest BCUT2D eigenvalue weighted by molar-refractivity contribution is -0.163. The molecule has 6 rings (SSSR count). The topological polar surface area (TPSA) is 138 Å². The fraction of sp³-hybridized carbons (Fsp3) is 0.567. The zero-order valence-corrected chi connectivity index (χ0v) is 24.4. The van der Waals surface area contributed by atoms with Crippen molar-refractivity contribution in [3.8, 4) is 0 Å². The lowest BCUT2D eigenvalue weighted by atomic mass is 9.76. The van der Waals surface area contributed by atoms with E-state index in [1.54, 1.807) is 12.3 Å². The molecule has 1 aliphatic heterocycles. The third-order valence-corrected chi connectivity index (χ3v) is 8.86. The smallest absolute Gasteiger partial charge is 0.387 e. The van der Waals surface area contributed by atoms with E-state index in [1.165, 1.54) is 21.4 Å². The van der Waals surface area contributed by atoms with Gasteiger partial charge in [0.05, 0.1) is 23.0 Å². The number of nitrogen functional groups attached to an aromatic ring is 1. The molecule has 1 aromatic carbocycles. The van der Waals surface area contributed by atoms with Crippen LogP contribution in [0.25, 0.3) is 22.1 Å². The van der Waals surface area contributed by atoms with Crippen LogP contribution in [0.3, 0.4) is 0 Å². The predicted molar refractivity (Wildman–Crippen MR) is 155 cm³/mol. The average Bonchev–Trinajstić information content (AvgIpc) is 3.58. The van der Waals surface area contributed by atoms with Gasteiger partial charge < -0.3 is 30.2 Å². The first-order valence-corrected chi connectivity index (χ1v) is 14.7. The molecule has 1 saturated carbocycles. The summed E-state index contributed by atoms with van der Waals surface area (Å²) in [5.41, 5.74) is 9.43. The summed E-state index contributed by atoms with van der Waals surface area (Å²) >= 11 is 0. The molecule has 232 valence electrons. The van der Waals surface area contributed by atoms with E-state index in [9.17, 15) is 23.4 Å².